The van der Waals surface area contributed by atoms with Crippen LogP contribution in [0.5, 0.6) is 11.5 Å². The Labute approximate surface area is 236 Å². The van der Waals surface area contributed by atoms with Crippen LogP contribution in [0.15, 0.2) is 42.5 Å². The summed E-state index contributed by atoms with van der Waals surface area (Å²) in [5.41, 5.74) is 2.26. The molecule has 3 rings (SSSR count). The second kappa shape index (κ2) is 15.7. The van der Waals surface area contributed by atoms with Gasteiger partial charge >= 0.3 is 0 Å². The molecule has 0 aromatic heterocycles. The van der Waals surface area contributed by atoms with Crippen molar-refractivity contribution in [2.45, 2.75) is 116 Å². The van der Waals surface area contributed by atoms with Gasteiger partial charge in [0.05, 0.1) is 17.7 Å². The number of fused-ring (bicyclic) bond motifs is 1. The summed E-state index contributed by atoms with van der Waals surface area (Å²) >= 11 is 0. The SMILES string of the molecule is CCCCCCC(C)(C)c1cc(O)cc(OCCCCCCCCCCCN2C(=O)c3ccccc3C2=O)c1. The summed E-state index contributed by atoms with van der Waals surface area (Å²) in [5, 5.41) is 10.2. The van der Waals surface area contributed by atoms with E-state index in [1.54, 1.807) is 18.2 Å². The van der Waals surface area contributed by atoms with Crippen LogP contribution < -0.4 is 4.74 Å². The lowest BCUT2D eigenvalue weighted by molar-refractivity contribution is 0.0651. The lowest BCUT2D eigenvalue weighted by atomic mass is 9.80. The van der Waals surface area contributed by atoms with Gasteiger partial charge in [-0.05, 0) is 54.5 Å². The summed E-state index contributed by atoms with van der Waals surface area (Å²) in [5.74, 6) is 0.761. The van der Waals surface area contributed by atoms with Gasteiger partial charge in [-0.25, -0.2) is 0 Å². The Balaban J connectivity index is 1.21. The van der Waals surface area contributed by atoms with Crippen molar-refractivity contribution in [1.29, 1.82) is 0 Å². The Morgan fingerprint density at radius 1 is 0.744 bits per heavy atom. The van der Waals surface area contributed by atoms with E-state index in [4.69, 9.17) is 4.74 Å². The van der Waals surface area contributed by atoms with Crippen molar-refractivity contribution in [1.82, 2.24) is 4.90 Å². The van der Waals surface area contributed by atoms with Crippen LogP contribution in [0.4, 0.5) is 0 Å². The number of hydrogen-bond donors (Lipinski definition) is 1. The first-order valence-electron chi connectivity index (χ1n) is 15.3. The number of unbranched alkanes of at least 4 members (excludes halogenated alkanes) is 11. The van der Waals surface area contributed by atoms with Crippen LogP contribution in [0.3, 0.4) is 0 Å². The largest absolute Gasteiger partial charge is 0.508 e. The van der Waals surface area contributed by atoms with Crippen LogP contribution in [0.25, 0.3) is 0 Å². The molecule has 2 amide bonds. The molecule has 0 bridgehead atoms. The number of imide groups is 1. The third-order valence-corrected chi connectivity index (χ3v) is 8.00. The lowest BCUT2D eigenvalue weighted by Gasteiger charge is -2.26. The maximum absolute atomic E-state index is 12.4. The van der Waals surface area contributed by atoms with Gasteiger partial charge in [0.15, 0.2) is 0 Å². The fourth-order valence-electron chi connectivity index (χ4n) is 5.44. The van der Waals surface area contributed by atoms with Gasteiger partial charge in [0, 0.05) is 12.6 Å². The molecule has 1 N–H and O–H groups in total. The summed E-state index contributed by atoms with van der Waals surface area (Å²) in [4.78, 5) is 26.2. The smallest absolute Gasteiger partial charge is 0.261 e. The minimum atomic E-state index is -0.147. The number of ether oxygens (including phenoxy) is 1. The number of nitrogens with zero attached hydrogens (tertiary/aromatic N) is 1. The second-order valence-corrected chi connectivity index (χ2v) is 11.7. The van der Waals surface area contributed by atoms with Gasteiger partial charge in [0.25, 0.3) is 11.8 Å². The summed E-state index contributed by atoms with van der Waals surface area (Å²) in [6.45, 7) is 7.94. The number of hydrogen-bond acceptors (Lipinski definition) is 4. The second-order valence-electron chi connectivity index (χ2n) is 11.7. The summed E-state index contributed by atoms with van der Waals surface area (Å²) in [6, 6.07) is 12.8. The first-order chi connectivity index (χ1) is 18.8. The van der Waals surface area contributed by atoms with E-state index in [1.807, 2.05) is 18.2 Å². The van der Waals surface area contributed by atoms with Crippen LogP contribution in [0.1, 0.15) is 137 Å². The van der Waals surface area contributed by atoms with Crippen LogP contribution in [-0.4, -0.2) is 35.0 Å². The lowest BCUT2D eigenvalue weighted by Crippen LogP contribution is -2.30. The average molecular weight is 536 g/mol. The average Bonchev–Trinajstić information content (AvgIpc) is 3.16. The summed E-state index contributed by atoms with van der Waals surface area (Å²) < 4.78 is 6.00. The Bertz CT molecular complexity index is 1030. The first kappa shape index (κ1) is 30.7. The van der Waals surface area contributed by atoms with Crippen LogP contribution in [-0.2, 0) is 5.41 Å². The molecule has 0 radical (unpaired) electrons. The van der Waals surface area contributed by atoms with Crippen molar-refractivity contribution in [3.8, 4) is 11.5 Å². The highest BCUT2D eigenvalue weighted by molar-refractivity contribution is 6.21. The van der Waals surface area contributed by atoms with E-state index in [2.05, 4.69) is 26.8 Å². The highest BCUT2D eigenvalue weighted by Crippen LogP contribution is 2.34. The van der Waals surface area contributed by atoms with Gasteiger partial charge in [-0.3, -0.25) is 14.5 Å². The number of benzene rings is 2. The zero-order chi connectivity index (χ0) is 28.1. The molecule has 2 aromatic carbocycles. The third-order valence-electron chi connectivity index (χ3n) is 8.00. The maximum atomic E-state index is 12.4. The number of carbonyl (C=O) groups excluding carboxylic acids is 2. The van der Waals surface area contributed by atoms with Gasteiger partial charge in [-0.15, -0.1) is 0 Å². The van der Waals surface area contributed by atoms with Gasteiger partial charge < -0.3 is 9.84 Å². The molecule has 0 aliphatic carbocycles. The Morgan fingerprint density at radius 2 is 1.31 bits per heavy atom. The zero-order valence-electron chi connectivity index (χ0n) is 24.5. The molecule has 214 valence electrons. The van der Waals surface area contributed by atoms with Crippen molar-refractivity contribution in [2.75, 3.05) is 13.2 Å². The summed E-state index contributed by atoms with van der Waals surface area (Å²) in [7, 11) is 0. The quantitative estimate of drug-likeness (QED) is 0.144. The van der Waals surface area contributed by atoms with E-state index in [1.165, 1.54) is 56.3 Å². The molecule has 39 heavy (non-hydrogen) atoms. The maximum Gasteiger partial charge on any atom is 0.261 e. The monoisotopic (exact) mass is 535 g/mol. The summed E-state index contributed by atoms with van der Waals surface area (Å²) in [6.07, 6.45) is 16.2. The molecule has 0 saturated heterocycles. The fourth-order valence-corrected chi connectivity index (χ4v) is 5.44. The number of amides is 2. The van der Waals surface area contributed by atoms with Gasteiger partial charge in [-0.2, -0.15) is 0 Å². The molecule has 1 aliphatic rings. The van der Waals surface area contributed by atoms with Gasteiger partial charge in [0.2, 0.25) is 0 Å². The van der Waals surface area contributed by atoms with E-state index in [0.29, 0.717) is 24.3 Å². The fraction of sp³-hybridized carbons (Fsp3) is 0.588. The number of rotatable bonds is 19. The van der Waals surface area contributed by atoms with Crippen LogP contribution >= 0.6 is 0 Å². The van der Waals surface area contributed by atoms with E-state index in [9.17, 15) is 14.7 Å². The normalized spacial score (nSPS) is 13.3. The molecule has 2 aromatic rings. The predicted octanol–water partition coefficient (Wildman–Crippen LogP) is 8.83. The highest BCUT2D eigenvalue weighted by Gasteiger charge is 2.34. The van der Waals surface area contributed by atoms with Gasteiger partial charge in [0.1, 0.15) is 11.5 Å². The highest BCUT2D eigenvalue weighted by atomic mass is 16.5. The minimum Gasteiger partial charge on any atom is -0.508 e. The van der Waals surface area contributed by atoms with Gasteiger partial charge in [-0.1, -0.05) is 104 Å². The molecule has 5 heteroatoms. The molecular weight excluding hydrogens is 486 g/mol. The van der Waals surface area contributed by atoms with Crippen molar-refractivity contribution in [3.05, 3.63) is 59.2 Å². The Kier molecular flexibility index (Phi) is 12.4. The van der Waals surface area contributed by atoms with Crippen molar-refractivity contribution < 1.29 is 19.4 Å². The third kappa shape index (κ3) is 9.40. The van der Waals surface area contributed by atoms with E-state index in [0.717, 1.165) is 49.8 Å². The molecule has 1 heterocycles. The van der Waals surface area contributed by atoms with Crippen molar-refractivity contribution in [3.63, 3.8) is 0 Å². The Hall–Kier alpha value is -2.82. The number of aromatic hydroxyl groups is 1. The van der Waals surface area contributed by atoms with E-state index >= 15 is 0 Å². The minimum absolute atomic E-state index is 0.0273. The molecule has 0 atom stereocenters. The molecule has 0 saturated carbocycles. The molecule has 0 fully saturated rings. The topological polar surface area (TPSA) is 66.8 Å². The molecule has 1 aliphatic heterocycles. The van der Waals surface area contributed by atoms with E-state index in [-0.39, 0.29) is 23.0 Å². The number of phenols is 1. The number of phenolic OH excluding ortho intramolecular Hbond substituents is 1. The van der Waals surface area contributed by atoms with Crippen molar-refractivity contribution >= 4 is 11.8 Å². The molecular formula is C34H49NO4. The van der Waals surface area contributed by atoms with Crippen molar-refractivity contribution in [2.24, 2.45) is 0 Å². The van der Waals surface area contributed by atoms with Crippen LogP contribution in [0, 0.1) is 0 Å². The Morgan fingerprint density at radius 3 is 1.92 bits per heavy atom. The predicted molar refractivity (Wildman–Crippen MR) is 159 cm³/mol. The van der Waals surface area contributed by atoms with Crippen LogP contribution in [0.2, 0.25) is 0 Å². The molecule has 0 spiro atoms. The zero-order valence-corrected chi connectivity index (χ0v) is 24.5. The number of carbonyl (C=O) groups is 2. The molecule has 5 nitrogen and oxygen atoms in total. The first-order valence-corrected chi connectivity index (χ1v) is 15.3. The van der Waals surface area contributed by atoms with E-state index < -0.39 is 0 Å². The standard InChI is InChI=1S/C34H49NO4/c1-4-5-6-16-21-34(2,3)27-24-28(36)26-29(25-27)39-23-18-13-11-9-7-8-10-12-17-22-35-32(37)30-19-14-15-20-31(30)33(35)38/h14-15,19-20,24-26,36H,4-13,16-18,21-23H2,1-3H3. The molecule has 0 unspecified atom stereocenters.